The minimum atomic E-state index is -1.07. The number of fused-ring (bicyclic) bond motifs is 2. The van der Waals surface area contributed by atoms with Crippen molar-refractivity contribution < 1.29 is 29.0 Å². The predicted molar refractivity (Wildman–Crippen MR) is 180 cm³/mol. The number of carboxylic acids is 1. The highest BCUT2D eigenvalue weighted by Gasteiger charge is 2.50. The number of para-hydroxylation sites is 1. The molecule has 0 radical (unpaired) electrons. The monoisotopic (exact) mass is 649 g/mol. The number of anilines is 1. The minimum absolute atomic E-state index is 0.162. The summed E-state index contributed by atoms with van der Waals surface area (Å²) in [7, 11) is 0. The lowest BCUT2D eigenvalue weighted by atomic mass is 9.87. The van der Waals surface area contributed by atoms with Gasteiger partial charge in [-0.3, -0.25) is 14.5 Å². The summed E-state index contributed by atoms with van der Waals surface area (Å²) in [5.74, 6) is -1.22. The van der Waals surface area contributed by atoms with Gasteiger partial charge in [-0.25, -0.2) is 9.59 Å². The molecule has 0 aromatic heterocycles. The van der Waals surface area contributed by atoms with E-state index >= 15 is 0 Å². The summed E-state index contributed by atoms with van der Waals surface area (Å²) in [5, 5.41) is 10.2. The van der Waals surface area contributed by atoms with E-state index in [1.165, 1.54) is 29.1 Å². The molecular formula is C39H43N3O6. The van der Waals surface area contributed by atoms with Gasteiger partial charge in [0.25, 0.3) is 0 Å². The molecule has 3 aromatic carbocycles. The van der Waals surface area contributed by atoms with Crippen LogP contribution in [0.2, 0.25) is 0 Å². The van der Waals surface area contributed by atoms with Crippen molar-refractivity contribution in [3.05, 3.63) is 101 Å². The first-order chi connectivity index (χ1) is 23.4. The Hall–Kier alpha value is -4.66. The Morgan fingerprint density at radius 2 is 1.35 bits per heavy atom. The van der Waals surface area contributed by atoms with Crippen LogP contribution in [-0.2, 0) is 38.5 Å². The van der Waals surface area contributed by atoms with Crippen LogP contribution in [0.25, 0.3) is 0 Å². The van der Waals surface area contributed by atoms with Gasteiger partial charge < -0.3 is 19.6 Å². The minimum Gasteiger partial charge on any atom is -0.480 e. The maximum absolute atomic E-state index is 14.9. The van der Waals surface area contributed by atoms with Gasteiger partial charge in [-0.15, -0.1) is 0 Å². The smallest absolute Gasteiger partial charge is 0.415 e. The zero-order valence-corrected chi connectivity index (χ0v) is 27.2. The molecule has 250 valence electrons. The Morgan fingerprint density at radius 1 is 0.688 bits per heavy atom. The van der Waals surface area contributed by atoms with Crippen LogP contribution >= 0.6 is 0 Å². The fourth-order valence-electron chi connectivity index (χ4n) is 8.37. The van der Waals surface area contributed by atoms with Crippen molar-refractivity contribution >= 4 is 29.6 Å². The number of hydrogen-bond donors (Lipinski definition) is 1. The number of aliphatic carboxylic acids is 1. The van der Waals surface area contributed by atoms with E-state index in [1.807, 2.05) is 78.9 Å². The highest BCUT2D eigenvalue weighted by molar-refractivity contribution is 6.02. The Bertz CT molecular complexity index is 1670. The number of carbonyl (C=O) groups excluding carboxylic acids is 3. The van der Waals surface area contributed by atoms with Crippen molar-refractivity contribution in [1.29, 1.82) is 0 Å². The number of hydrogen-bond acceptors (Lipinski definition) is 5. The molecule has 4 aliphatic rings. The van der Waals surface area contributed by atoms with Crippen molar-refractivity contribution in [1.82, 2.24) is 9.80 Å². The second kappa shape index (κ2) is 13.8. The second-order valence-corrected chi connectivity index (χ2v) is 13.7. The summed E-state index contributed by atoms with van der Waals surface area (Å²) in [4.78, 5) is 60.3. The van der Waals surface area contributed by atoms with Crippen LogP contribution in [0.1, 0.15) is 79.7 Å². The van der Waals surface area contributed by atoms with Crippen LogP contribution in [0.15, 0.2) is 78.9 Å². The molecule has 1 saturated heterocycles. The third-order valence-electron chi connectivity index (χ3n) is 10.9. The maximum atomic E-state index is 14.9. The zero-order valence-electron chi connectivity index (χ0n) is 27.2. The molecule has 2 fully saturated rings. The van der Waals surface area contributed by atoms with Crippen LogP contribution < -0.4 is 4.90 Å². The average Bonchev–Trinajstić information content (AvgIpc) is 3.74. The zero-order chi connectivity index (χ0) is 33.2. The molecule has 1 saturated carbocycles. The van der Waals surface area contributed by atoms with Gasteiger partial charge in [0.05, 0.1) is 18.3 Å². The highest BCUT2D eigenvalue weighted by atomic mass is 16.6. The topological polar surface area (TPSA) is 107 Å². The molecule has 3 aliphatic heterocycles. The molecule has 1 aliphatic carbocycles. The molecule has 0 bridgehead atoms. The standard InChI is InChI=1S/C39H43N3O6/c43-36(40-25-30-17-8-7-15-28(30)23-35(40)38(45)46)33-20-19-32(27-13-5-2-6-14-27)41(33)37(44)34-24-29-16-9-10-18-31(29)42(34)39(47)48-22-21-26-11-3-1-4-12-26/h2,5-10,13-18,26,32-35H,1,3-4,11-12,19-25H2,(H,45,46)/t32-,33+,34+,35+/m0/s1. The molecule has 0 unspecified atom stereocenters. The summed E-state index contributed by atoms with van der Waals surface area (Å²) in [6, 6.07) is 21.6. The van der Waals surface area contributed by atoms with Crippen LogP contribution in [0.5, 0.6) is 0 Å². The van der Waals surface area contributed by atoms with E-state index in [0.29, 0.717) is 37.5 Å². The van der Waals surface area contributed by atoms with E-state index < -0.39 is 36.2 Å². The van der Waals surface area contributed by atoms with E-state index in [1.54, 1.807) is 4.90 Å². The summed E-state index contributed by atoms with van der Waals surface area (Å²) >= 11 is 0. The molecule has 3 heterocycles. The van der Waals surface area contributed by atoms with Crippen LogP contribution in [-0.4, -0.2) is 63.5 Å². The predicted octanol–water partition coefficient (Wildman–Crippen LogP) is 6.30. The number of benzene rings is 3. The van der Waals surface area contributed by atoms with Gasteiger partial charge in [0.1, 0.15) is 18.1 Å². The first-order valence-corrected chi connectivity index (χ1v) is 17.4. The van der Waals surface area contributed by atoms with Crippen LogP contribution in [0.3, 0.4) is 0 Å². The lowest BCUT2D eigenvalue weighted by molar-refractivity contribution is -0.155. The fourth-order valence-corrected chi connectivity index (χ4v) is 8.37. The Balaban J connectivity index is 1.18. The van der Waals surface area contributed by atoms with E-state index in [4.69, 9.17) is 4.74 Å². The molecule has 9 nitrogen and oxygen atoms in total. The molecule has 0 spiro atoms. The normalized spacial score (nSPS) is 23.8. The van der Waals surface area contributed by atoms with Crippen LogP contribution in [0, 0.1) is 5.92 Å². The van der Waals surface area contributed by atoms with Crippen molar-refractivity contribution in [2.45, 2.75) is 94.9 Å². The molecule has 1 N–H and O–H groups in total. The van der Waals surface area contributed by atoms with Gasteiger partial charge in [0.2, 0.25) is 11.8 Å². The second-order valence-electron chi connectivity index (χ2n) is 13.7. The first-order valence-electron chi connectivity index (χ1n) is 17.4. The Kier molecular flexibility index (Phi) is 9.19. The quantitative estimate of drug-likeness (QED) is 0.322. The van der Waals surface area contributed by atoms with Crippen LogP contribution in [0.4, 0.5) is 10.5 Å². The van der Waals surface area contributed by atoms with E-state index in [9.17, 15) is 24.3 Å². The molecule has 3 aromatic rings. The number of amides is 3. The molecule has 4 atom stereocenters. The molecule has 9 heteroatoms. The lowest BCUT2D eigenvalue weighted by Gasteiger charge is -2.40. The lowest BCUT2D eigenvalue weighted by Crippen LogP contribution is -2.58. The third-order valence-corrected chi connectivity index (χ3v) is 10.9. The fraction of sp³-hybridized carbons (Fsp3) is 0.436. The summed E-state index contributed by atoms with van der Waals surface area (Å²) in [6.45, 7) is 0.461. The summed E-state index contributed by atoms with van der Waals surface area (Å²) in [5.41, 5.74) is 4.24. The van der Waals surface area contributed by atoms with Gasteiger partial charge in [-0.05, 0) is 53.5 Å². The number of ether oxygens (including phenoxy) is 1. The van der Waals surface area contributed by atoms with Gasteiger partial charge in [0.15, 0.2) is 0 Å². The molecule has 7 rings (SSSR count). The van der Waals surface area contributed by atoms with Crippen molar-refractivity contribution in [2.24, 2.45) is 5.92 Å². The number of nitrogens with zero attached hydrogens (tertiary/aromatic N) is 3. The Labute approximate surface area is 281 Å². The maximum Gasteiger partial charge on any atom is 0.415 e. The number of rotatable bonds is 7. The molecular weight excluding hydrogens is 606 g/mol. The SMILES string of the molecule is O=C(O)[C@H]1Cc2ccccc2CN1C(=O)[C@H]1CC[C@@H](c2ccccc2)N1C(=O)[C@H]1Cc2ccccc2N1C(=O)OCCC1CCCCC1. The number of carbonyl (C=O) groups is 4. The third kappa shape index (κ3) is 6.18. The molecule has 3 amide bonds. The van der Waals surface area contributed by atoms with E-state index in [2.05, 4.69) is 0 Å². The van der Waals surface area contributed by atoms with Gasteiger partial charge in [-0.2, -0.15) is 0 Å². The number of carboxylic acid groups (broad SMARTS) is 1. The van der Waals surface area contributed by atoms with Gasteiger partial charge >= 0.3 is 12.1 Å². The largest absolute Gasteiger partial charge is 0.480 e. The van der Waals surface area contributed by atoms with Crippen molar-refractivity contribution in [3.63, 3.8) is 0 Å². The number of likely N-dealkylation sites (tertiary alicyclic amines) is 1. The van der Waals surface area contributed by atoms with E-state index in [0.717, 1.165) is 41.5 Å². The van der Waals surface area contributed by atoms with Gasteiger partial charge in [-0.1, -0.05) is 105 Å². The summed E-state index contributed by atoms with van der Waals surface area (Å²) < 4.78 is 5.86. The molecule has 48 heavy (non-hydrogen) atoms. The van der Waals surface area contributed by atoms with Crippen molar-refractivity contribution in [2.75, 3.05) is 11.5 Å². The van der Waals surface area contributed by atoms with Crippen molar-refractivity contribution in [3.8, 4) is 0 Å². The Morgan fingerprint density at radius 3 is 2.10 bits per heavy atom. The average molecular weight is 650 g/mol. The van der Waals surface area contributed by atoms with E-state index in [-0.39, 0.29) is 24.8 Å². The highest BCUT2D eigenvalue weighted by Crippen LogP contribution is 2.42. The first kappa shape index (κ1) is 31.9. The van der Waals surface area contributed by atoms with Gasteiger partial charge in [0, 0.05) is 19.4 Å². The summed E-state index contributed by atoms with van der Waals surface area (Å²) in [6.07, 6.45) is 7.70.